The van der Waals surface area contributed by atoms with Crippen LogP contribution < -0.4 is 0 Å². The van der Waals surface area contributed by atoms with Crippen molar-refractivity contribution in [1.82, 2.24) is 15.0 Å². The SMILES string of the molecule is c1ccc(-c2cc(-c3nc(-c4ccccc4)nc(-c4ccc5c(c4)sc4ccccc45)n3)cc(-c3cccc4c3-c3ccccc3C4(c3ccccc3)c3ccccc3)c2)cc1. The summed E-state index contributed by atoms with van der Waals surface area (Å²) in [6.45, 7) is 0. The van der Waals surface area contributed by atoms with Gasteiger partial charge in [-0.1, -0.05) is 194 Å². The Morgan fingerprint density at radius 3 is 1.55 bits per heavy atom. The smallest absolute Gasteiger partial charge is 0.164 e. The monoisotopic (exact) mass is 807 g/mol. The number of thiophene rings is 1. The van der Waals surface area contributed by atoms with Crippen molar-refractivity contribution < 1.29 is 0 Å². The number of aromatic nitrogens is 3. The molecule has 290 valence electrons. The van der Waals surface area contributed by atoms with Crippen LogP contribution in [0.15, 0.2) is 224 Å². The summed E-state index contributed by atoms with van der Waals surface area (Å²) in [6, 6.07) is 80.7. The van der Waals surface area contributed by atoms with Crippen molar-refractivity contribution in [2.75, 3.05) is 0 Å². The quantitative estimate of drug-likeness (QED) is 0.161. The molecule has 0 saturated carbocycles. The highest BCUT2D eigenvalue weighted by Crippen LogP contribution is 2.58. The Morgan fingerprint density at radius 1 is 0.306 bits per heavy atom. The fourth-order valence-corrected chi connectivity index (χ4v) is 10.8. The maximum Gasteiger partial charge on any atom is 0.164 e. The Labute approximate surface area is 364 Å². The van der Waals surface area contributed by atoms with Gasteiger partial charge in [-0.05, 0) is 86.0 Å². The number of rotatable bonds is 7. The zero-order chi connectivity index (χ0) is 41.0. The first-order chi connectivity index (χ1) is 30.7. The van der Waals surface area contributed by atoms with Gasteiger partial charge in [0.05, 0.1) is 5.41 Å². The predicted molar refractivity (Wildman–Crippen MR) is 257 cm³/mol. The number of nitrogens with zero attached hydrogens (tertiary/aromatic N) is 3. The molecule has 62 heavy (non-hydrogen) atoms. The Morgan fingerprint density at radius 2 is 0.823 bits per heavy atom. The van der Waals surface area contributed by atoms with E-state index in [0.29, 0.717) is 17.5 Å². The van der Waals surface area contributed by atoms with Crippen LogP contribution in [0.4, 0.5) is 0 Å². The first kappa shape index (κ1) is 36.1. The van der Waals surface area contributed by atoms with E-state index in [1.807, 2.05) is 18.2 Å². The second-order valence-corrected chi connectivity index (χ2v) is 17.0. The molecule has 0 saturated heterocycles. The van der Waals surface area contributed by atoms with Crippen molar-refractivity contribution in [2.45, 2.75) is 5.41 Å². The van der Waals surface area contributed by atoms with Crippen LogP contribution in [0.1, 0.15) is 22.3 Å². The molecule has 4 heteroatoms. The van der Waals surface area contributed by atoms with Crippen molar-refractivity contribution in [3.05, 3.63) is 247 Å². The third kappa shape index (κ3) is 5.83. The molecule has 0 aliphatic heterocycles. The molecule has 12 rings (SSSR count). The van der Waals surface area contributed by atoms with Crippen molar-refractivity contribution >= 4 is 31.5 Å². The molecule has 1 aliphatic carbocycles. The second kappa shape index (κ2) is 14.7. The van der Waals surface area contributed by atoms with Crippen LogP contribution in [-0.2, 0) is 5.41 Å². The highest BCUT2D eigenvalue weighted by molar-refractivity contribution is 7.25. The fourth-order valence-electron chi connectivity index (χ4n) is 9.66. The molecule has 0 atom stereocenters. The minimum atomic E-state index is -0.506. The average Bonchev–Trinajstić information content (AvgIpc) is 3.88. The Balaban J connectivity index is 1.10. The van der Waals surface area contributed by atoms with E-state index in [4.69, 9.17) is 15.0 Å². The van der Waals surface area contributed by atoms with Crippen LogP contribution in [0.25, 0.3) is 87.7 Å². The van der Waals surface area contributed by atoms with E-state index in [1.54, 1.807) is 11.3 Å². The number of hydrogen-bond donors (Lipinski definition) is 0. The van der Waals surface area contributed by atoms with Gasteiger partial charge in [-0.15, -0.1) is 11.3 Å². The molecule has 0 amide bonds. The average molecular weight is 808 g/mol. The molecular formula is C58H37N3S. The van der Waals surface area contributed by atoms with Gasteiger partial charge in [0.15, 0.2) is 17.5 Å². The summed E-state index contributed by atoms with van der Waals surface area (Å²) in [5.74, 6) is 1.91. The van der Waals surface area contributed by atoms with Gasteiger partial charge in [0.1, 0.15) is 0 Å². The Bertz CT molecular complexity index is 3410. The van der Waals surface area contributed by atoms with Gasteiger partial charge in [-0.2, -0.15) is 0 Å². The summed E-state index contributed by atoms with van der Waals surface area (Å²) in [5, 5.41) is 2.51. The zero-order valence-electron chi connectivity index (χ0n) is 33.6. The van der Waals surface area contributed by atoms with Gasteiger partial charge in [0, 0.05) is 36.9 Å². The summed E-state index contributed by atoms with van der Waals surface area (Å²) in [5.41, 5.74) is 14.3. The molecule has 0 radical (unpaired) electrons. The van der Waals surface area contributed by atoms with Crippen molar-refractivity contribution in [3.63, 3.8) is 0 Å². The van der Waals surface area contributed by atoms with Gasteiger partial charge in [-0.3, -0.25) is 0 Å². The first-order valence-corrected chi connectivity index (χ1v) is 21.8. The molecule has 0 fully saturated rings. The minimum Gasteiger partial charge on any atom is -0.208 e. The summed E-state index contributed by atoms with van der Waals surface area (Å²) < 4.78 is 2.48. The van der Waals surface area contributed by atoms with E-state index < -0.39 is 5.41 Å². The molecule has 2 aromatic heterocycles. The number of hydrogen-bond acceptors (Lipinski definition) is 4. The minimum absolute atomic E-state index is 0.506. The van der Waals surface area contributed by atoms with Gasteiger partial charge >= 0.3 is 0 Å². The van der Waals surface area contributed by atoms with Gasteiger partial charge < -0.3 is 0 Å². The molecule has 9 aromatic carbocycles. The molecule has 2 heterocycles. The second-order valence-electron chi connectivity index (χ2n) is 15.9. The third-order valence-electron chi connectivity index (χ3n) is 12.4. The normalized spacial score (nSPS) is 12.6. The zero-order valence-corrected chi connectivity index (χ0v) is 34.4. The van der Waals surface area contributed by atoms with Crippen molar-refractivity contribution in [1.29, 1.82) is 0 Å². The predicted octanol–water partition coefficient (Wildman–Crippen LogP) is 14.9. The number of benzene rings is 9. The van der Waals surface area contributed by atoms with Gasteiger partial charge in [0.25, 0.3) is 0 Å². The maximum atomic E-state index is 5.32. The largest absolute Gasteiger partial charge is 0.208 e. The summed E-state index contributed by atoms with van der Waals surface area (Å²) in [7, 11) is 0. The fraction of sp³-hybridized carbons (Fsp3) is 0.0172. The maximum absolute atomic E-state index is 5.32. The molecule has 0 N–H and O–H groups in total. The van der Waals surface area contributed by atoms with Crippen LogP contribution in [0.5, 0.6) is 0 Å². The molecule has 0 spiro atoms. The molecule has 0 bridgehead atoms. The highest BCUT2D eigenvalue weighted by atomic mass is 32.1. The molecular weight excluding hydrogens is 771 g/mol. The van der Waals surface area contributed by atoms with E-state index >= 15 is 0 Å². The third-order valence-corrected chi connectivity index (χ3v) is 13.5. The topological polar surface area (TPSA) is 38.7 Å². The molecule has 11 aromatic rings. The number of fused-ring (bicyclic) bond motifs is 6. The summed E-state index contributed by atoms with van der Waals surface area (Å²) in [6.07, 6.45) is 0. The van der Waals surface area contributed by atoms with Crippen LogP contribution in [0.3, 0.4) is 0 Å². The lowest BCUT2D eigenvalue weighted by Crippen LogP contribution is -2.28. The Hall–Kier alpha value is -7.79. The van der Waals surface area contributed by atoms with Crippen LogP contribution in [0.2, 0.25) is 0 Å². The lowest BCUT2D eigenvalue weighted by atomic mass is 9.67. The van der Waals surface area contributed by atoms with Gasteiger partial charge in [-0.25, -0.2) is 15.0 Å². The van der Waals surface area contributed by atoms with Crippen LogP contribution in [0, 0.1) is 0 Å². The first-order valence-electron chi connectivity index (χ1n) is 21.0. The van der Waals surface area contributed by atoms with E-state index in [9.17, 15) is 0 Å². The summed E-state index contributed by atoms with van der Waals surface area (Å²) in [4.78, 5) is 15.7. The molecule has 1 aliphatic rings. The van der Waals surface area contributed by atoms with E-state index in [-0.39, 0.29) is 0 Å². The summed E-state index contributed by atoms with van der Waals surface area (Å²) >= 11 is 1.80. The highest BCUT2D eigenvalue weighted by Gasteiger charge is 2.46. The van der Waals surface area contributed by atoms with Crippen molar-refractivity contribution in [2.24, 2.45) is 0 Å². The van der Waals surface area contributed by atoms with E-state index in [1.165, 1.54) is 53.6 Å². The standard InChI is InChI=1S/C58H37N3S/c1-5-18-38(19-6-1)41-34-42(46-28-17-30-51-54(46)49-27-13-15-29-50(49)58(51,44-22-9-3-10-23-44)45-24-11-4-12-25-45)36-43(35-41)57-60-55(39-20-7-2-8-21-39)59-56(61-57)40-32-33-48-47-26-14-16-31-52(47)62-53(48)37-40/h1-37H. The van der Waals surface area contributed by atoms with Crippen molar-refractivity contribution in [3.8, 4) is 67.5 Å². The van der Waals surface area contributed by atoms with E-state index in [2.05, 4.69) is 206 Å². The van der Waals surface area contributed by atoms with Gasteiger partial charge in [0.2, 0.25) is 0 Å². The van der Waals surface area contributed by atoms with Crippen LogP contribution in [-0.4, -0.2) is 15.0 Å². The Kier molecular flexibility index (Phi) is 8.58. The van der Waals surface area contributed by atoms with E-state index in [0.717, 1.165) is 38.9 Å². The molecule has 3 nitrogen and oxygen atoms in total. The lowest BCUT2D eigenvalue weighted by Gasteiger charge is -2.34. The van der Waals surface area contributed by atoms with Crippen LogP contribution >= 0.6 is 11.3 Å². The molecule has 0 unspecified atom stereocenters. The lowest BCUT2D eigenvalue weighted by molar-refractivity contribution is 0.768.